The van der Waals surface area contributed by atoms with E-state index in [1.807, 2.05) is 18.3 Å². The molecule has 7 heteroatoms. The van der Waals surface area contributed by atoms with Crippen LogP contribution in [0.5, 0.6) is 11.5 Å². The third-order valence-electron chi connectivity index (χ3n) is 12.2. The summed E-state index contributed by atoms with van der Waals surface area (Å²) in [6.45, 7) is 0.739. The van der Waals surface area contributed by atoms with E-state index in [1.54, 1.807) is 0 Å². The quantitative estimate of drug-likeness (QED) is 0.175. The van der Waals surface area contributed by atoms with Crippen molar-refractivity contribution in [2.75, 3.05) is 61.5 Å². The first-order valence-electron chi connectivity index (χ1n) is 19.5. The molecule has 7 nitrogen and oxygen atoms in total. The van der Waals surface area contributed by atoms with Crippen molar-refractivity contribution in [1.82, 2.24) is 9.55 Å². The Bertz CT molecular complexity index is 2900. The van der Waals surface area contributed by atoms with Crippen LogP contribution in [0.15, 0.2) is 140 Å². The van der Waals surface area contributed by atoms with Crippen molar-refractivity contribution in [2.45, 2.75) is 5.41 Å². The van der Waals surface area contributed by atoms with Crippen molar-refractivity contribution in [3.8, 4) is 17.3 Å². The molecule has 278 valence electrons. The van der Waals surface area contributed by atoms with E-state index >= 15 is 0 Å². The van der Waals surface area contributed by atoms with Crippen molar-refractivity contribution >= 4 is 62.4 Å². The molecule has 0 saturated carbocycles. The molecule has 0 amide bonds. The summed E-state index contributed by atoms with van der Waals surface area (Å²) in [4.78, 5) is 14.0. The second kappa shape index (κ2) is 12.3. The summed E-state index contributed by atoms with van der Waals surface area (Å²) >= 11 is 0. The molecule has 2 aliphatic heterocycles. The van der Waals surface area contributed by atoms with Crippen molar-refractivity contribution in [3.63, 3.8) is 0 Å². The average molecular weight is 743 g/mol. The van der Waals surface area contributed by atoms with Gasteiger partial charge in [0.2, 0.25) is 0 Å². The molecule has 0 fully saturated rings. The summed E-state index contributed by atoms with van der Waals surface area (Å²) < 4.78 is 9.13. The van der Waals surface area contributed by atoms with E-state index in [0.717, 1.165) is 46.1 Å². The number of para-hydroxylation sites is 2. The Balaban J connectivity index is 1.15. The summed E-state index contributed by atoms with van der Waals surface area (Å²) in [6.07, 6.45) is 6.45. The molecular weight excluding hydrogens is 701 g/mol. The van der Waals surface area contributed by atoms with E-state index in [1.165, 1.54) is 61.5 Å². The number of hydrogen-bond donors (Lipinski definition) is 0. The van der Waals surface area contributed by atoms with Crippen LogP contribution >= 0.6 is 0 Å². The summed E-state index contributed by atoms with van der Waals surface area (Å²) in [7, 11) is 10.7. The lowest BCUT2D eigenvalue weighted by Crippen LogP contribution is -2.39. The van der Waals surface area contributed by atoms with E-state index in [9.17, 15) is 0 Å². The van der Waals surface area contributed by atoms with Crippen LogP contribution in [-0.4, -0.2) is 51.5 Å². The third kappa shape index (κ3) is 4.75. The van der Waals surface area contributed by atoms with Crippen LogP contribution < -0.4 is 24.3 Å². The van der Waals surface area contributed by atoms with Gasteiger partial charge in [0, 0.05) is 75.7 Å². The zero-order valence-electron chi connectivity index (χ0n) is 32.7. The van der Waals surface area contributed by atoms with Gasteiger partial charge in [0.05, 0.1) is 40.2 Å². The van der Waals surface area contributed by atoms with Crippen LogP contribution in [0.25, 0.3) is 39.8 Å². The van der Waals surface area contributed by atoms with Gasteiger partial charge in [0.25, 0.3) is 0 Å². The highest BCUT2D eigenvalue weighted by molar-refractivity contribution is 6.09. The first kappa shape index (κ1) is 33.4. The number of nitrogens with zero attached hydrogens (tertiary/aromatic N) is 6. The summed E-state index contributed by atoms with van der Waals surface area (Å²) in [5, 5.41) is 2.35. The van der Waals surface area contributed by atoms with Crippen LogP contribution in [0.1, 0.15) is 33.4 Å². The Labute approximate surface area is 332 Å². The minimum absolute atomic E-state index is 0.629. The fraction of sp³-hybridized carbons (Fsp3) is 0.140. The largest absolute Gasteiger partial charge is 0.457 e. The number of anilines is 5. The number of benzene rings is 6. The fourth-order valence-electron chi connectivity index (χ4n) is 9.61. The molecule has 2 aromatic heterocycles. The lowest BCUT2D eigenvalue weighted by molar-refractivity contribution is 0.482. The average Bonchev–Trinajstić information content (AvgIpc) is 3.70. The predicted molar refractivity (Wildman–Crippen MR) is 236 cm³/mol. The molecule has 0 saturated heterocycles. The van der Waals surface area contributed by atoms with Gasteiger partial charge in [-0.1, -0.05) is 66.7 Å². The van der Waals surface area contributed by atoms with Crippen molar-refractivity contribution in [3.05, 3.63) is 173 Å². The monoisotopic (exact) mass is 742 g/mol. The van der Waals surface area contributed by atoms with E-state index in [-0.39, 0.29) is 0 Å². The molecule has 11 rings (SSSR count). The maximum atomic E-state index is 6.90. The van der Waals surface area contributed by atoms with Gasteiger partial charge in [0.1, 0.15) is 17.3 Å². The minimum Gasteiger partial charge on any atom is -0.457 e. The smallest absolute Gasteiger partial charge is 0.137 e. The Morgan fingerprint density at radius 1 is 0.579 bits per heavy atom. The van der Waals surface area contributed by atoms with E-state index in [0.29, 0.717) is 0 Å². The second-order valence-electron chi connectivity index (χ2n) is 15.9. The molecule has 0 radical (unpaired) electrons. The van der Waals surface area contributed by atoms with Crippen LogP contribution in [0.4, 0.5) is 28.4 Å². The molecule has 4 heterocycles. The zero-order valence-corrected chi connectivity index (χ0v) is 32.7. The molecule has 6 aromatic carbocycles. The normalized spacial score (nSPS) is 14.3. The van der Waals surface area contributed by atoms with Crippen molar-refractivity contribution in [2.24, 2.45) is 0 Å². The topological polar surface area (TPSA) is 40.0 Å². The summed E-state index contributed by atoms with van der Waals surface area (Å²) in [5.74, 6) is 2.43. The number of aromatic nitrogens is 2. The molecule has 8 aromatic rings. The van der Waals surface area contributed by atoms with Gasteiger partial charge in [-0.3, -0.25) is 4.57 Å². The highest BCUT2D eigenvalue weighted by Gasteiger charge is 2.51. The molecule has 57 heavy (non-hydrogen) atoms. The first-order valence-corrected chi connectivity index (χ1v) is 19.5. The third-order valence-corrected chi connectivity index (χ3v) is 12.2. The van der Waals surface area contributed by atoms with Gasteiger partial charge in [-0.05, 0) is 100 Å². The Kier molecular flexibility index (Phi) is 7.17. The van der Waals surface area contributed by atoms with Gasteiger partial charge >= 0.3 is 0 Å². The Morgan fingerprint density at radius 3 is 1.98 bits per heavy atom. The molecule has 1 aliphatic carbocycles. The van der Waals surface area contributed by atoms with Crippen LogP contribution in [0, 0.1) is 0 Å². The molecule has 1 spiro atoms. The Morgan fingerprint density at radius 2 is 1.26 bits per heavy atom. The Hall–Kier alpha value is -6.99. The van der Waals surface area contributed by atoms with Gasteiger partial charge in [-0.25, -0.2) is 4.98 Å². The molecule has 0 atom stereocenters. The van der Waals surface area contributed by atoms with Crippen molar-refractivity contribution < 1.29 is 4.74 Å². The standard InChI is InChI=1S/C50H42N6O/c1-52(2)34-20-18-32-16-17-33-19-21-35(53(3)4)28-43(33)50(42(32)27-34)40-25-23-37(30-47(40)55-31-54(5)45-14-10-12-41(50)49(45)55)57-36-22-24-39-38-11-6-7-13-44(38)56(46(39)29-36)48-15-8-9-26-51-48/h6-30H,31H2,1-5H3. The SMILES string of the molecule is CN(C)c1ccc2c(c1)C1(c3cc(N(C)C)ccc3C=C2)c2ccc(Oc3ccc4c5ccccc5n(-c5ccccn5)c4c3)cc2N2CN(C)c3cccc1c32. The summed E-state index contributed by atoms with van der Waals surface area (Å²) in [5.41, 5.74) is 15.0. The number of fused-ring (bicyclic) bond motifs is 11. The van der Waals surface area contributed by atoms with Crippen LogP contribution in [0.3, 0.4) is 0 Å². The first-order chi connectivity index (χ1) is 27.8. The minimum atomic E-state index is -0.629. The molecular formula is C50H42N6O. The zero-order chi connectivity index (χ0) is 38.6. The van der Waals surface area contributed by atoms with E-state index < -0.39 is 5.41 Å². The van der Waals surface area contributed by atoms with Crippen LogP contribution in [-0.2, 0) is 5.41 Å². The second-order valence-corrected chi connectivity index (χ2v) is 15.9. The number of ether oxygens (including phenoxy) is 1. The van der Waals surface area contributed by atoms with Crippen LogP contribution in [0.2, 0.25) is 0 Å². The van der Waals surface area contributed by atoms with Gasteiger partial charge < -0.3 is 24.3 Å². The van der Waals surface area contributed by atoms with E-state index in [2.05, 4.69) is 193 Å². The number of rotatable bonds is 5. The number of pyridine rings is 1. The summed E-state index contributed by atoms with van der Waals surface area (Å²) in [6, 6.07) is 48.5. The lowest BCUT2D eigenvalue weighted by Gasteiger charge is -2.46. The van der Waals surface area contributed by atoms with Crippen molar-refractivity contribution in [1.29, 1.82) is 0 Å². The lowest BCUT2D eigenvalue weighted by atomic mass is 9.61. The maximum Gasteiger partial charge on any atom is 0.137 e. The number of hydrogen-bond acceptors (Lipinski definition) is 6. The highest BCUT2D eigenvalue weighted by atomic mass is 16.5. The van der Waals surface area contributed by atoms with Gasteiger partial charge in [-0.2, -0.15) is 0 Å². The fourth-order valence-corrected chi connectivity index (χ4v) is 9.61. The van der Waals surface area contributed by atoms with Gasteiger partial charge in [0.15, 0.2) is 0 Å². The van der Waals surface area contributed by atoms with E-state index in [4.69, 9.17) is 9.72 Å². The maximum absolute atomic E-state index is 6.90. The molecule has 0 bridgehead atoms. The molecule has 0 unspecified atom stereocenters. The molecule has 0 N–H and O–H groups in total. The predicted octanol–water partition coefficient (Wildman–Crippen LogP) is 10.8. The highest BCUT2D eigenvalue weighted by Crippen LogP contribution is 2.62. The van der Waals surface area contributed by atoms with Gasteiger partial charge in [-0.15, -0.1) is 0 Å². The molecule has 3 aliphatic rings.